The molecule has 0 unspecified atom stereocenters. The fourth-order valence-electron chi connectivity index (χ4n) is 5.72. The number of amides is 1. The number of hydrogen-bond donors (Lipinski definition) is 3. The normalized spacial score (nSPS) is 19.7. The van der Waals surface area contributed by atoms with Gasteiger partial charge in [0.15, 0.2) is 0 Å². The second-order valence-electron chi connectivity index (χ2n) is 12.6. The number of fused-ring (bicyclic) bond motifs is 1. The van der Waals surface area contributed by atoms with Crippen molar-refractivity contribution in [2.75, 3.05) is 39.9 Å². The molecule has 0 aliphatic carbocycles. The number of hydrogen-bond acceptors (Lipinski definition) is 10. The van der Waals surface area contributed by atoms with Crippen molar-refractivity contribution in [3.63, 3.8) is 0 Å². The zero-order valence-corrected chi connectivity index (χ0v) is 27.9. The molecule has 46 heavy (non-hydrogen) atoms. The predicted octanol–water partition coefficient (Wildman–Crippen LogP) is 2.46. The summed E-state index contributed by atoms with van der Waals surface area (Å²) in [5.41, 5.74) is -0.103. The van der Waals surface area contributed by atoms with Crippen molar-refractivity contribution in [3.8, 4) is 5.75 Å². The van der Waals surface area contributed by atoms with Crippen LogP contribution in [0.4, 0.5) is 4.79 Å². The van der Waals surface area contributed by atoms with Gasteiger partial charge < -0.3 is 29.2 Å². The van der Waals surface area contributed by atoms with Gasteiger partial charge in [0, 0.05) is 31.5 Å². The van der Waals surface area contributed by atoms with Crippen molar-refractivity contribution in [3.05, 3.63) is 48.8 Å². The maximum absolute atomic E-state index is 13.4. The number of carbonyl (C=O) groups excluding carboxylic acids is 1. The van der Waals surface area contributed by atoms with Gasteiger partial charge in [-0.1, -0.05) is 6.07 Å². The Kier molecular flexibility index (Phi) is 9.69. The van der Waals surface area contributed by atoms with Gasteiger partial charge in [-0.15, -0.1) is 0 Å². The lowest BCUT2D eigenvalue weighted by atomic mass is 9.88. The van der Waals surface area contributed by atoms with Gasteiger partial charge in [-0.05, 0) is 71.3 Å². The smallest absolute Gasteiger partial charge is 0.410 e. The van der Waals surface area contributed by atoms with Gasteiger partial charge in [0.2, 0.25) is 20.0 Å². The average molecular weight is 680 g/mol. The monoisotopic (exact) mass is 679 g/mol. The predicted molar refractivity (Wildman–Crippen MR) is 168 cm³/mol. The number of piperidine rings is 1. The summed E-state index contributed by atoms with van der Waals surface area (Å²) in [6, 6.07) is 8.80. The molecule has 252 valence electrons. The number of aliphatic hydroxyl groups is 1. The maximum Gasteiger partial charge on any atom is 0.410 e. The summed E-state index contributed by atoms with van der Waals surface area (Å²) in [5.74, 6) is 0.243. The highest BCUT2D eigenvalue weighted by Crippen LogP contribution is 2.39. The molecule has 2 atom stereocenters. The van der Waals surface area contributed by atoms with Crippen LogP contribution in [0.5, 0.6) is 5.75 Å². The van der Waals surface area contributed by atoms with Crippen molar-refractivity contribution < 1.29 is 40.9 Å². The SMILES string of the molecule is CNS(=O)(=O)c1cccc(OC[C@@H](O)CN(C(=O)OC(C)(C)C)[C@H]2COC3(CCN(S(=O)(=O)c4cnc5cc[nH]c5c4)CC3)C2)c1. The van der Waals surface area contributed by atoms with E-state index in [2.05, 4.69) is 14.7 Å². The van der Waals surface area contributed by atoms with E-state index in [-0.39, 0.29) is 48.4 Å². The first kappa shape index (κ1) is 34.1. The van der Waals surface area contributed by atoms with Gasteiger partial charge in [0.25, 0.3) is 0 Å². The van der Waals surface area contributed by atoms with Crippen molar-refractivity contribution in [2.24, 2.45) is 0 Å². The van der Waals surface area contributed by atoms with Gasteiger partial charge in [-0.2, -0.15) is 4.31 Å². The number of nitrogens with one attached hydrogen (secondary N) is 2. The Bertz CT molecular complexity index is 1760. The fourth-order valence-corrected chi connectivity index (χ4v) is 7.90. The zero-order valence-electron chi connectivity index (χ0n) is 26.3. The van der Waals surface area contributed by atoms with E-state index >= 15 is 0 Å². The molecule has 4 heterocycles. The Morgan fingerprint density at radius 3 is 2.63 bits per heavy atom. The molecule has 0 bridgehead atoms. The molecule has 2 fully saturated rings. The molecular weight excluding hydrogens is 638 g/mol. The Hall–Kier alpha value is -3.28. The molecule has 2 aromatic heterocycles. The van der Waals surface area contributed by atoms with Crippen LogP contribution < -0.4 is 9.46 Å². The molecule has 14 nitrogen and oxygen atoms in total. The molecule has 3 aromatic rings. The Labute approximate surface area is 269 Å². The van der Waals surface area contributed by atoms with Gasteiger partial charge in [0.1, 0.15) is 29.0 Å². The van der Waals surface area contributed by atoms with Crippen LogP contribution in [-0.4, -0.2) is 110 Å². The summed E-state index contributed by atoms with van der Waals surface area (Å²) in [6.07, 6.45) is 2.62. The topological polar surface area (TPSA) is 180 Å². The summed E-state index contributed by atoms with van der Waals surface area (Å²) < 4.78 is 72.4. The minimum atomic E-state index is -3.77. The number of carbonyl (C=O) groups is 1. The van der Waals surface area contributed by atoms with Crippen LogP contribution in [0, 0.1) is 0 Å². The van der Waals surface area contributed by atoms with Gasteiger partial charge in [-0.3, -0.25) is 4.98 Å². The third-order valence-electron chi connectivity index (χ3n) is 8.14. The molecule has 2 aliphatic heterocycles. The molecule has 0 radical (unpaired) electrons. The molecule has 3 N–H and O–H groups in total. The van der Waals surface area contributed by atoms with Crippen LogP contribution in [0.15, 0.2) is 58.6 Å². The number of sulfonamides is 2. The van der Waals surface area contributed by atoms with E-state index in [1.165, 1.54) is 40.6 Å². The minimum absolute atomic E-state index is 0.0165. The summed E-state index contributed by atoms with van der Waals surface area (Å²) in [5, 5.41) is 10.9. The first-order valence-electron chi connectivity index (χ1n) is 15.0. The summed E-state index contributed by atoms with van der Waals surface area (Å²) in [7, 11) is -6.14. The van der Waals surface area contributed by atoms with E-state index in [1.54, 1.807) is 45.2 Å². The van der Waals surface area contributed by atoms with Crippen LogP contribution in [0.1, 0.15) is 40.0 Å². The number of benzene rings is 1. The molecule has 2 aliphatic rings. The lowest BCUT2D eigenvalue weighted by molar-refractivity contribution is -0.0329. The highest BCUT2D eigenvalue weighted by atomic mass is 32.2. The van der Waals surface area contributed by atoms with Gasteiger partial charge >= 0.3 is 6.09 Å². The molecule has 5 rings (SSSR count). The Balaban J connectivity index is 1.23. The van der Waals surface area contributed by atoms with Crippen LogP contribution in [0.2, 0.25) is 0 Å². The second kappa shape index (κ2) is 13.1. The quantitative estimate of drug-likeness (QED) is 0.288. The van der Waals surface area contributed by atoms with Crippen LogP contribution >= 0.6 is 0 Å². The summed E-state index contributed by atoms with van der Waals surface area (Å²) in [4.78, 5) is 22.2. The lowest BCUT2D eigenvalue weighted by Crippen LogP contribution is -2.50. The number of H-pyrrole nitrogens is 1. The largest absolute Gasteiger partial charge is 0.491 e. The van der Waals surface area contributed by atoms with Crippen molar-refractivity contribution in [1.82, 2.24) is 23.9 Å². The number of aromatic amines is 1. The van der Waals surface area contributed by atoms with Crippen LogP contribution in [0.3, 0.4) is 0 Å². The zero-order chi connectivity index (χ0) is 33.3. The first-order valence-corrected chi connectivity index (χ1v) is 17.9. The molecular formula is C30H41N5O9S2. The van der Waals surface area contributed by atoms with Crippen molar-refractivity contribution >= 4 is 37.2 Å². The van der Waals surface area contributed by atoms with E-state index in [9.17, 15) is 26.7 Å². The van der Waals surface area contributed by atoms with E-state index in [1.807, 2.05) is 0 Å². The third kappa shape index (κ3) is 7.64. The molecule has 2 saturated heterocycles. The number of ether oxygens (including phenoxy) is 3. The maximum atomic E-state index is 13.4. The highest BCUT2D eigenvalue weighted by molar-refractivity contribution is 7.89. The van der Waals surface area contributed by atoms with E-state index in [0.717, 1.165) is 0 Å². The van der Waals surface area contributed by atoms with Crippen LogP contribution in [0.25, 0.3) is 11.0 Å². The van der Waals surface area contributed by atoms with Gasteiger partial charge in [-0.25, -0.2) is 26.4 Å². The number of aromatic nitrogens is 2. The van der Waals surface area contributed by atoms with E-state index in [0.29, 0.717) is 30.3 Å². The van der Waals surface area contributed by atoms with Crippen molar-refractivity contribution in [2.45, 2.75) is 73.2 Å². The average Bonchev–Trinajstić information content (AvgIpc) is 3.65. The number of pyridine rings is 1. The molecule has 1 amide bonds. The molecule has 0 saturated carbocycles. The summed E-state index contributed by atoms with van der Waals surface area (Å²) >= 11 is 0. The number of nitrogens with zero attached hydrogens (tertiary/aromatic N) is 3. The Morgan fingerprint density at radius 2 is 1.93 bits per heavy atom. The fraction of sp³-hybridized carbons (Fsp3) is 0.533. The number of rotatable bonds is 10. The van der Waals surface area contributed by atoms with Crippen LogP contribution in [-0.2, 0) is 29.5 Å². The Morgan fingerprint density at radius 1 is 1.20 bits per heavy atom. The molecule has 1 aromatic carbocycles. The first-order chi connectivity index (χ1) is 21.6. The van der Waals surface area contributed by atoms with E-state index < -0.39 is 49.5 Å². The van der Waals surface area contributed by atoms with Crippen molar-refractivity contribution in [1.29, 1.82) is 0 Å². The molecule has 1 spiro atoms. The minimum Gasteiger partial charge on any atom is -0.491 e. The van der Waals surface area contributed by atoms with Gasteiger partial charge in [0.05, 0.1) is 40.7 Å². The number of aliphatic hydroxyl groups excluding tert-OH is 1. The second-order valence-corrected chi connectivity index (χ2v) is 16.4. The standard InChI is InChI=1S/C30H41N5O9S2/c1-29(2,3)44-28(37)35(18-22(36)20-42-23-6-5-7-24(14-23)45(38,39)31-4)21-16-30(43-19-21)9-12-34(13-10-30)46(40,41)25-15-27-26(33-17-25)8-11-32-27/h5-8,11,14-15,17,21-22,31-32,36H,9-10,12-13,16,18-20H2,1-4H3/t21-,22+/m1/s1. The third-order valence-corrected chi connectivity index (χ3v) is 11.4. The lowest BCUT2D eigenvalue weighted by Gasteiger charge is -2.38. The summed E-state index contributed by atoms with van der Waals surface area (Å²) in [6.45, 7) is 5.59. The molecule has 16 heteroatoms. The van der Waals surface area contributed by atoms with E-state index in [4.69, 9.17) is 14.2 Å². The highest BCUT2D eigenvalue weighted by Gasteiger charge is 2.48.